The SMILES string of the molecule is [O-]c1ccccc1-c1ccccc1[O-].[O-]c1ccccc1-c1ccccc1[O-].[Os+2].[Os+2].c1ccc(N=Nc2ccccn2)cc1.c1ccc(N=Nc2ccccn2)cc1.c1ccc(N=Nc2ccccn2)cc1.c1ccc(N=Nc2ccccn2)cc1. The van der Waals surface area contributed by atoms with E-state index in [1.807, 2.05) is 194 Å². The van der Waals surface area contributed by atoms with Gasteiger partial charge in [-0.3, -0.25) is 0 Å². The maximum Gasteiger partial charge on any atom is 2.00 e. The first kappa shape index (κ1) is 66.0. The molecule has 0 aliphatic heterocycles. The zero-order chi connectivity index (χ0) is 58.5. The average Bonchev–Trinajstić information content (AvgIpc) is 3.71. The van der Waals surface area contributed by atoms with Crippen LogP contribution in [-0.4, -0.2) is 19.9 Å². The molecule has 8 aromatic carbocycles. The van der Waals surface area contributed by atoms with Crippen molar-refractivity contribution >= 4 is 46.0 Å². The molecule has 16 nitrogen and oxygen atoms in total. The number of rotatable bonds is 10. The molecule has 0 amide bonds. The first-order valence-electron chi connectivity index (χ1n) is 25.9. The van der Waals surface area contributed by atoms with E-state index in [1.54, 1.807) is 97.6 Å². The van der Waals surface area contributed by atoms with Crippen LogP contribution in [-0.2, 0) is 39.6 Å². The Balaban J connectivity index is 0.000000187. The third-order valence-electron chi connectivity index (χ3n) is 10.8. The van der Waals surface area contributed by atoms with E-state index in [0.29, 0.717) is 45.5 Å². The Morgan fingerprint density at radius 1 is 0.186 bits per heavy atom. The van der Waals surface area contributed by atoms with E-state index in [2.05, 4.69) is 60.8 Å². The van der Waals surface area contributed by atoms with Gasteiger partial charge in [0.25, 0.3) is 0 Å². The van der Waals surface area contributed by atoms with Crippen LogP contribution in [0.1, 0.15) is 0 Å². The van der Waals surface area contributed by atoms with Crippen molar-refractivity contribution in [3.8, 4) is 45.3 Å². The Kier molecular flexibility index (Phi) is 29.8. The fourth-order valence-electron chi connectivity index (χ4n) is 6.82. The van der Waals surface area contributed by atoms with Gasteiger partial charge in [0.2, 0.25) is 0 Å². The summed E-state index contributed by atoms with van der Waals surface area (Å²) in [5, 5.41) is 77.8. The van der Waals surface area contributed by atoms with Crippen LogP contribution in [0.15, 0.2) is 357 Å². The first-order chi connectivity index (χ1) is 41.4. The van der Waals surface area contributed by atoms with Gasteiger partial charge in [0.15, 0.2) is 23.3 Å². The van der Waals surface area contributed by atoms with E-state index < -0.39 is 0 Å². The Hall–Kier alpha value is -10.8. The normalized spacial score (nSPS) is 10.1. The summed E-state index contributed by atoms with van der Waals surface area (Å²) in [6.07, 6.45) is 6.78. The zero-order valence-electron chi connectivity index (χ0n) is 45.7. The van der Waals surface area contributed by atoms with Crippen LogP contribution in [0.5, 0.6) is 23.0 Å². The predicted molar refractivity (Wildman–Crippen MR) is 321 cm³/mol. The Morgan fingerprint density at radius 3 is 0.535 bits per heavy atom. The van der Waals surface area contributed by atoms with Gasteiger partial charge in [0, 0.05) is 24.8 Å². The van der Waals surface area contributed by atoms with Crippen LogP contribution in [0.3, 0.4) is 0 Å². The van der Waals surface area contributed by atoms with Crippen LogP contribution in [0.2, 0.25) is 0 Å². The molecule has 0 saturated carbocycles. The minimum absolute atomic E-state index is 0. The summed E-state index contributed by atoms with van der Waals surface area (Å²) >= 11 is 0. The molecule has 4 heterocycles. The summed E-state index contributed by atoms with van der Waals surface area (Å²) < 4.78 is 0. The fraction of sp³-hybridized carbons (Fsp3) is 0. The predicted octanol–water partition coefficient (Wildman–Crippen LogP) is 17.0. The number of azo groups is 4. The molecule has 0 fully saturated rings. The van der Waals surface area contributed by atoms with E-state index >= 15 is 0 Å². The number of hydrogen-bond acceptors (Lipinski definition) is 16. The molecular weight excluding hydrogens is 1430 g/mol. The zero-order valence-corrected chi connectivity index (χ0v) is 50.8. The summed E-state index contributed by atoms with van der Waals surface area (Å²) in [5.74, 6) is 2.03. The number of para-hydroxylation sites is 4. The van der Waals surface area contributed by atoms with Crippen molar-refractivity contribution < 1.29 is 60.0 Å². The summed E-state index contributed by atoms with van der Waals surface area (Å²) in [5.41, 5.74) is 5.21. The van der Waals surface area contributed by atoms with Crippen molar-refractivity contribution in [3.05, 3.63) is 316 Å². The maximum absolute atomic E-state index is 11.4. The van der Waals surface area contributed by atoms with Crippen LogP contribution < -0.4 is 20.4 Å². The van der Waals surface area contributed by atoms with Crippen LogP contribution in [0.25, 0.3) is 22.3 Å². The van der Waals surface area contributed by atoms with Crippen molar-refractivity contribution in [2.75, 3.05) is 0 Å². The number of nitrogens with zero attached hydrogens (tertiary/aromatic N) is 12. The quantitative estimate of drug-likeness (QED) is 0.119. The number of pyridine rings is 4. The van der Waals surface area contributed by atoms with Crippen LogP contribution in [0.4, 0.5) is 46.0 Å². The van der Waals surface area contributed by atoms with E-state index in [4.69, 9.17) is 0 Å². The molecule has 0 radical (unpaired) electrons. The summed E-state index contributed by atoms with van der Waals surface area (Å²) in [4.78, 5) is 16.1. The van der Waals surface area contributed by atoms with Crippen molar-refractivity contribution in [1.82, 2.24) is 19.9 Å². The molecule has 0 N–H and O–H groups in total. The molecule has 18 heteroatoms. The Bertz CT molecular complexity index is 3210. The molecular formula is C68H52N12O4Os2. The minimum Gasteiger partial charge on any atom is -0.872 e. The van der Waals surface area contributed by atoms with Crippen molar-refractivity contribution in [1.29, 1.82) is 0 Å². The van der Waals surface area contributed by atoms with Crippen molar-refractivity contribution in [3.63, 3.8) is 0 Å². The van der Waals surface area contributed by atoms with E-state index in [1.165, 1.54) is 24.3 Å². The maximum atomic E-state index is 11.4. The van der Waals surface area contributed by atoms with Gasteiger partial charge >= 0.3 is 39.6 Å². The van der Waals surface area contributed by atoms with Gasteiger partial charge in [0.1, 0.15) is 0 Å². The largest absolute Gasteiger partial charge is 2.00 e. The van der Waals surface area contributed by atoms with Crippen molar-refractivity contribution in [2.24, 2.45) is 40.9 Å². The molecule has 12 rings (SSSR count). The van der Waals surface area contributed by atoms with Gasteiger partial charge in [-0.15, -0.1) is 63.9 Å². The molecule has 0 atom stereocenters. The molecule has 12 aromatic rings. The number of benzene rings is 8. The Labute approximate surface area is 524 Å². The monoisotopic (exact) mass is 1480 g/mol. The van der Waals surface area contributed by atoms with Crippen LogP contribution >= 0.6 is 0 Å². The van der Waals surface area contributed by atoms with Gasteiger partial charge in [-0.05, 0) is 119 Å². The number of hydrogen-bond donors (Lipinski definition) is 0. The molecule has 0 aliphatic carbocycles. The summed E-state index contributed by atoms with van der Waals surface area (Å²) in [6, 6.07) is 86.7. The Morgan fingerprint density at radius 2 is 0.360 bits per heavy atom. The van der Waals surface area contributed by atoms with Gasteiger partial charge in [0.05, 0.1) is 22.7 Å². The minimum atomic E-state index is -0.115. The smallest absolute Gasteiger partial charge is 0.872 e. The van der Waals surface area contributed by atoms with E-state index in [9.17, 15) is 20.4 Å². The van der Waals surface area contributed by atoms with E-state index in [-0.39, 0.29) is 62.6 Å². The molecule has 86 heavy (non-hydrogen) atoms. The molecule has 4 aromatic heterocycles. The third-order valence-corrected chi connectivity index (χ3v) is 10.8. The second kappa shape index (κ2) is 38.8. The standard InChI is InChI=1S/2C12H10O2.4C11H9N3.2Os/c2*13-11-7-3-1-5-9(11)10-6-2-4-8-12(10)14;4*1-2-6-10(7-3-1)13-14-11-8-4-5-9-12-11;;/h2*1-8,13-14H;4*1-9H;;/q;;;;;;2*+2/p-4. The molecule has 0 bridgehead atoms. The molecule has 0 unspecified atom stereocenters. The van der Waals surface area contributed by atoms with E-state index in [0.717, 1.165) is 22.7 Å². The average molecular weight is 1480 g/mol. The van der Waals surface area contributed by atoms with Gasteiger partial charge < -0.3 is 20.4 Å². The first-order valence-corrected chi connectivity index (χ1v) is 25.9. The third kappa shape index (κ3) is 24.4. The topological polar surface area (TPSA) is 243 Å². The van der Waals surface area contributed by atoms with Gasteiger partial charge in [-0.2, -0.15) is 0 Å². The van der Waals surface area contributed by atoms with Crippen LogP contribution in [0, 0.1) is 0 Å². The molecule has 0 aliphatic rings. The fourth-order valence-corrected chi connectivity index (χ4v) is 6.82. The number of aromatic nitrogens is 4. The molecule has 0 spiro atoms. The molecule has 424 valence electrons. The van der Waals surface area contributed by atoms with Gasteiger partial charge in [-0.25, -0.2) is 19.9 Å². The second-order valence-corrected chi connectivity index (χ2v) is 16.9. The summed E-state index contributed by atoms with van der Waals surface area (Å²) in [7, 11) is 0. The second-order valence-electron chi connectivity index (χ2n) is 16.9. The van der Waals surface area contributed by atoms with Gasteiger partial charge in [-0.1, -0.05) is 194 Å². The molecule has 0 saturated heterocycles. The summed E-state index contributed by atoms with van der Waals surface area (Å²) in [6.45, 7) is 0. The van der Waals surface area contributed by atoms with Crippen molar-refractivity contribution in [2.45, 2.75) is 0 Å².